The van der Waals surface area contributed by atoms with Crippen LogP contribution in [-0.4, -0.2) is 59.2 Å². The lowest BCUT2D eigenvalue weighted by Gasteiger charge is -2.17. The minimum absolute atomic E-state index is 0.288. The van der Waals surface area contributed by atoms with Crippen LogP contribution in [0.1, 0.15) is 27.7 Å². The lowest BCUT2D eigenvalue weighted by molar-refractivity contribution is 0.208. The number of hydrogen-bond donors (Lipinski definition) is 1. The van der Waals surface area contributed by atoms with Crippen LogP contribution in [0.4, 0.5) is 5.95 Å². The molecule has 1 aromatic heterocycles. The second kappa shape index (κ2) is 9.30. The molecule has 7 heteroatoms. The molecular weight excluding hydrogens is 258 g/mol. The molecule has 0 spiro atoms. The Hall–Kier alpha value is -1.63. The van der Waals surface area contributed by atoms with Crippen LogP contribution in [0.3, 0.4) is 0 Å². The van der Waals surface area contributed by atoms with Crippen molar-refractivity contribution in [1.29, 1.82) is 0 Å². The van der Waals surface area contributed by atoms with E-state index in [9.17, 15) is 0 Å². The van der Waals surface area contributed by atoms with Crippen molar-refractivity contribution in [3.63, 3.8) is 0 Å². The molecule has 0 bridgehead atoms. The minimum atomic E-state index is 0.288. The number of ether oxygens (including phenoxy) is 2. The summed E-state index contributed by atoms with van der Waals surface area (Å²) < 4.78 is 10.9. The molecule has 1 rings (SSSR count). The van der Waals surface area contributed by atoms with Gasteiger partial charge in [0.25, 0.3) is 0 Å². The number of likely N-dealkylation sites (N-methyl/N-ethyl adjacent to an activating group) is 1. The van der Waals surface area contributed by atoms with Gasteiger partial charge in [-0.05, 0) is 26.9 Å². The molecule has 0 radical (unpaired) electrons. The number of rotatable bonds is 10. The van der Waals surface area contributed by atoms with Gasteiger partial charge in [0.15, 0.2) is 0 Å². The standard InChI is InChI=1S/C13H25N5O2/c1-5-14-11-15-12(19-8-4)17-13(16-11)20-10-9-18(6-2)7-3/h5-10H2,1-4H3,(H,14,15,16,17). The topological polar surface area (TPSA) is 72.4 Å². The van der Waals surface area contributed by atoms with Gasteiger partial charge in [0.05, 0.1) is 6.61 Å². The number of anilines is 1. The van der Waals surface area contributed by atoms with E-state index in [1.54, 1.807) is 0 Å². The lowest BCUT2D eigenvalue weighted by atomic mass is 10.5. The Morgan fingerprint density at radius 3 is 2.15 bits per heavy atom. The highest BCUT2D eigenvalue weighted by atomic mass is 16.5. The van der Waals surface area contributed by atoms with E-state index in [-0.39, 0.29) is 6.01 Å². The van der Waals surface area contributed by atoms with E-state index in [1.165, 1.54) is 0 Å². The predicted molar refractivity (Wildman–Crippen MR) is 78.4 cm³/mol. The van der Waals surface area contributed by atoms with Crippen molar-refractivity contribution in [2.45, 2.75) is 27.7 Å². The van der Waals surface area contributed by atoms with Crippen LogP contribution in [0.2, 0.25) is 0 Å². The maximum atomic E-state index is 5.59. The maximum absolute atomic E-state index is 5.59. The zero-order valence-electron chi connectivity index (χ0n) is 12.8. The summed E-state index contributed by atoms with van der Waals surface area (Å²) in [5.41, 5.74) is 0. The Morgan fingerprint density at radius 2 is 1.60 bits per heavy atom. The highest BCUT2D eigenvalue weighted by Crippen LogP contribution is 2.12. The van der Waals surface area contributed by atoms with Crippen LogP contribution in [0.15, 0.2) is 0 Å². The normalized spacial score (nSPS) is 10.7. The summed E-state index contributed by atoms with van der Waals surface area (Å²) in [6, 6.07) is 0.586. The van der Waals surface area contributed by atoms with Gasteiger partial charge < -0.3 is 19.7 Å². The van der Waals surface area contributed by atoms with E-state index in [4.69, 9.17) is 9.47 Å². The molecule has 0 atom stereocenters. The summed E-state index contributed by atoms with van der Waals surface area (Å²) in [5.74, 6) is 0.476. The quantitative estimate of drug-likeness (QED) is 0.696. The average molecular weight is 283 g/mol. The third-order valence-corrected chi connectivity index (χ3v) is 2.74. The fourth-order valence-corrected chi connectivity index (χ4v) is 1.64. The van der Waals surface area contributed by atoms with Gasteiger partial charge in [-0.2, -0.15) is 9.97 Å². The molecule has 0 amide bonds. The SMILES string of the molecule is CCNc1nc(OCC)nc(OCCN(CC)CC)n1. The number of hydrogen-bond acceptors (Lipinski definition) is 7. The molecule has 1 N–H and O–H groups in total. The van der Waals surface area contributed by atoms with E-state index >= 15 is 0 Å². The van der Waals surface area contributed by atoms with Gasteiger partial charge in [0, 0.05) is 13.1 Å². The van der Waals surface area contributed by atoms with Crippen LogP contribution < -0.4 is 14.8 Å². The van der Waals surface area contributed by atoms with Crippen LogP contribution in [-0.2, 0) is 0 Å². The molecule has 0 unspecified atom stereocenters. The third kappa shape index (κ3) is 5.56. The molecule has 7 nitrogen and oxygen atoms in total. The maximum Gasteiger partial charge on any atom is 0.324 e. The molecule has 0 fully saturated rings. The highest BCUT2D eigenvalue weighted by molar-refractivity contribution is 5.27. The minimum Gasteiger partial charge on any atom is -0.464 e. The smallest absolute Gasteiger partial charge is 0.324 e. The predicted octanol–water partition coefficient (Wildman–Crippen LogP) is 1.42. The molecule has 0 aromatic carbocycles. The zero-order chi connectivity index (χ0) is 14.8. The fourth-order valence-electron chi connectivity index (χ4n) is 1.64. The Kier molecular flexibility index (Phi) is 7.64. The highest BCUT2D eigenvalue weighted by Gasteiger charge is 2.08. The van der Waals surface area contributed by atoms with E-state index in [0.29, 0.717) is 25.2 Å². The number of nitrogens with zero attached hydrogens (tertiary/aromatic N) is 4. The molecule has 0 aliphatic rings. The third-order valence-electron chi connectivity index (χ3n) is 2.74. The molecule has 20 heavy (non-hydrogen) atoms. The van der Waals surface area contributed by atoms with E-state index in [1.807, 2.05) is 13.8 Å². The number of nitrogens with one attached hydrogen (secondary N) is 1. The average Bonchev–Trinajstić information content (AvgIpc) is 2.44. The number of aromatic nitrogens is 3. The molecule has 114 valence electrons. The lowest BCUT2D eigenvalue weighted by Crippen LogP contribution is -2.28. The molecule has 0 saturated carbocycles. The van der Waals surface area contributed by atoms with Gasteiger partial charge in [-0.3, -0.25) is 0 Å². The van der Waals surface area contributed by atoms with Crippen molar-refractivity contribution in [3.8, 4) is 12.0 Å². The Bertz CT molecular complexity index is 361. The first-order valence-electron chi connectivity index (χ1n) is 7.21. The second-order valence-corrected chi connectivity index (χ2v) is 4.06. The summed E-state index contributed by atoms with van der Waals surface area (Å²) in [6.45, 7) is 12.8. The van der Waals surface area contributed by atoms with Crippen molar-refractivity contribution >= 4 is 5.95 Å². The first-order valence-corrected chi connectivity index (χ1v) is 7.21. The summed E-state index contributed by atoms with van der Waals surface area (Å²) in [4.78, 5) is 14.7. The first kappa shape index (κ1) is 16.4. The van der Waals surface area contributed by atoms with Crippen LogP contribution in [0, 0.1) is 0 Å². The van der Waals surface area contributed by atoms with Crippen molar-refractivity contribution in [1.82, 2.24) is 19.9 Å². The molecular formula is C13H25N5O2. The monoisotopic (exact) mass is 283 g/mol. The summed E-state index contributed by atoms with van der Waals surface area (Å²) in [6.07, 6.45) is 0. The van der Waals surface area contributed by atoms with Crippen molar-refractivity contribution in [2.75, 3.05) is 44.7 Å². The second-order valence-electron chi connectivity index (χ2n) is 4.06. The summed E-state index contributed by atoms with van der Waals surface area (Å²) in [7, 11) is 0. The molecule has 0 aliphatic carbocycles. The zero-order valence-corrected chi connectivity index (χ0v) is 12.8. The van der Waals surface area contributed by atoms with Gasteiger partial charge >= 0.3 is 12.0 Å². The molecule has 1 heterocycles. The first-order chi connectivity index (χ1) is 9.73. The van der Waals surface area contributed by atoms with Gasteiger partial charge in [0.2, 0.25) is 5.95 Å². The van der Waals surface area contributed by atoms with Crippen molar-refractivity contribution < 1.29 is 9.47 Å². The molecule has 1 aromatic rings. The van der Waals surface area contributed by atoms with Crippen molar-refractivity contribution in [3.05, 3.63) is 0 Å². The van der Waals surface area contributed by atoms with Gasteiger partial charge in [0.1, 0.15) is 6.61 Å². The van der Waals surface area contributed by atoms with E-state index < -0.39 is 0 Å². The van der Waals surface area contributed by atoms with E-state index in [0.717, 1.165) is 26.2 Å². The van der Waals surface area contributed by atoms with Crippen LogP contribution >= 0.6 is 0 Å². The largest absolute Gasteiger partial charge is 0.464 e. The Balaban J connectivity index is 2.62. The van der Waals surface area contributed by atoms with Gasteiger partial charge in [-0.25, -0.2) is 0 Å². The van der Waals surface area contributed by atoms with Crippen molar-refractivity contribution in [2.24, 2.45) is 0 Å². The van der Waals surface area contributed by atoms with E-state index in [2.05, 4.69) is 39.0 Å². The van der Waals surface area contributed by atoms with Gasteiger partial charge in [-0.15, -0.1) is 4.98 Å². The van der Waals surface area contributed by atoms with Crippen LogP contribution in [0.5, 0.6) is 12.0 Å². The fraction of sp³-hybridized carbons (Fsp3) is 0.769. The Morgan fingerprint density at radius 1 is 0.950 bits per heavy atom. The molecule has 0 aliphatic heterocycles. The van der Waals surface area contributed by atoms with Gasteiger partial charge in [-0.1, -0.05) is 13.8 Å². The molecule has 0 saturated heterocycles. The van der Waals surface area contributed by atoms with Crippen LogP contribution in [0.25, 0.3) is 0 Å². The Labute approximate surface area is 120 Å². The summed E-state index contributed by atoms with van der Waals surface area (Å²) >= 11 is 0. The summed E-state index contributed by atoms with van der Waals surface area (Å²) in [5, 5.41) is 3.04.